The van der Waals surface area contributed by atoms with Crippen molar-refractivity contribution in [2.45, 2.75) is 25.5 Å². The number of aromatic nitrogens is 2. The molecule has 1 unspecified atom stereocenters. The van der Waals surface area contributed by atoms with E-state index in [1.165, 1.54) is 6.33 Å². The highest BCUT2D eigenvalue weighted by atomic mass is 16.6. The first-order valence-corrected chi connectivity index (χ1v) is 8.79. The number of carbonyl (C=O) groups is 1. The summed E-state index contributed by atoms with van der Waals surface area (Å²) in [5.74, 6) is 0.525. The van der Waals surface area contributed by atoms with Crippen LogP contribution >= 0.6 is 0 Å². The molecule has 2 aromatic rings. The summed E-state index contributed by atoms with van der Waals surface area (Å²) in [4.78, 5) is 22.6. The van der Waals surface area contributed by atoms with Gasteiger partial charge in [-0.25, -0.2) is 14.8 Å². The summed E-state index contributed by atoms with van der Waals surface area (Å²) in [5.41, 5.74) is 3.01. The Morgan fingerprint density at radius 1 is 1.20 bits per heavy atom. The molecule has 6 heteroatoms. The maximum absolute atomic E-state index is 12.1. The Kier molecular flexibility index (Phi) is 4.61. The predicted octanol–water partition coefficient (Wildman–Crippen LogP) is 2.46. The molecule has 25 heavy (non-hydrogen) atoms. The molecule has 5 rings (SSSR count). The minimum Gasteiger partial charge on any atom is -0.445 e. The first-order valence-electron chi connectivity index (χ1n) is 8.79. The molecule has 3 aliphatic heterocycles. The Balaban J connectivity index is 1.33. The summed E-state index contributed by atoms with van der Waals surface area (Å²) >= 11 is 0. The molecule has 1 atom stereocenters. The lowest BCUT2D eigenvalue weighted by atomic mass is 9.86. The molecule has 0 radical (unpaired) electrons. The molecule has 1 aromatic heterocycles. The van der Waals surface area contributed by atoms with Gasteiger partial charge in [0.15, 0.2) is 0 Å². The summed E-state index contributed by atoms with van der Waals surface area (Å²) in [6.45, 7) is 3.60. The minimum absolute atomic E-state index is 0.0373. The van der Waals surface area contributed by atoms with Crippen LogP contribution in [0.4, 0.5) is 4.79 Å². The number of amides is 1. The number of fused-ring (bicyclic) bond motifs is 3. The van der Waals surface area contributed by atoms with E-state index < -0.39 is 0 Å². The van der Waals surface area contributed by atoms with Crippen molar-refractivity contribution in [1.29, 1.82) is 0 Å². The van der Waals surface area contributed by atoms with E-state index in [2.05, 4.69) is 20.2 Å². The highest BCUT2D eigenvalue weighted by Crippen LogP contribution is 2.29. The van der Waals surface area contributed by atoms with Crippen molar-refractivity contribution >= 4 is 6.09 Å². The van der Waals surface area contributed by atoms with Crippen LogP contribution in [0.5, 0.6) is 0 Å². The van der Waals surface area contributed by atoms with Crippen molar-refractivity contribution in [3.05, 3.63) is 48.5 Å². The molecule has 3 saturated heterocycles. The number of rotatable bonds is 4. The van der Waals surface area contributed by atoms with Gasteiger partial charge in [-0.1, -0.05) is 18.2 Å². The molecule has 0 saturated carbocycles. The van der Waals surface area contributed by atoms with E-state index in [-0.39, 0.29) is 12.2 Å². The second-order valence-electron chi connectivity index (χ2n) is 6.76. The largest absolute Gasteiger partial charge is 0.445 e. The SMILES string of the molecule is O=C(NCc1cccc(-c2cncnc2)c1)OC1CN2CCC1CC2. The molecular formula is C19H22N4O2. The zero-order valence-corrected chi connectivity index (χ0v) is 14.1. The van der Waals surface area contributed by atoms with Crippen molar-refractivity contribution in [1.82, 2.24) is 20.2 Å². The van der Waals surface area contributed by atoms with Crippen LogP contribution in [-0.4, -0.2) is 46.7 Å². The molecular weight excluding hydrogens is 316 g/mol. The Labute approximate surface area is 147 Å². The van der Waals surface area contributed by atoms with Crippen molar-refractivity contribution in [2.75, 3.05) is 19.6 Å². The number of piperidine rings is 3. The number of hydrogen-bond donors (Lipinski definition) is 1. The molecule has 6 nitrogen and oxygen atoms in total. The van der Waals surface area contributed by atoms with Gasteiger partial charge in [-0.15, -0.1) is 0 Å². The fourth-order valence-corrected chi connectivity index (χ4v) is 3.71. The van der Waals surface area contributed by atoms with Gasteiger partial charge in [0.05, 0.1) is 0 Å². The number of hydrogen-bond acceptors (Lipinski definition) is 5. The number of ether oxygens (including phenoxy) is 1. The van der Waals surface area contributed by atoms with Crippen LogP contribution in [0.2, 0.25) is 0 Å². The van der Waals surface area contributed by atoms with Crippen molar-refractivity contribution in [3.8, 4) is 11.1 Å². The Morgan fingerprint density at radius 2 is 2.00 bits per heavy atom. The summed E-state index contributed by atoms with van der Waals surface area (Å²) in [6.07, 6.45) is 7.06. The summed E-state index contributed by atoms with van der Waals surface area (Å²) in [7, 11) is 0. The van der Waals surface area contributed by atoms with Crippen LogP contribution in [0.3, 0.4) is 0 Å². The third-order valence-electron chi connectivity index (χ3n) is 5.11. The average Bonchev–Trinajstić information content (AvgIpc) is 2.68. The Hall–Kier alpha value is -2.47. The molecule has 1 aromatic carbocycles. The van der Waals surface area contributed by atoms with E-state index in [0.29, 0.717) is 12.5 Å². The number of nitrogens with zero attached hydrogens (tertiary/aromatic N) is 3. The number of carbonyl (C=O) groups excluding carboxylic acids is 1. The van der Waals surface area contributed by atoms with Gasteiger partial charge < -0.3 is 10.1 Å². The van der Waals surface area contributed by atoms with E-state index in [1.54, 1.807) is 12.4 Å². The van der Waals surface area contributed by atoms with E-state index >= 15 is 0 Å². The molecule has 1 N–H and O–H groups in total. The minimum atomic E-state index is -0.327. The van der Waals surface area contributed by atoms with Gasteiger partial charge in [-0.05, 0) is 49.0 Å². The predicted molar refractivity (Wildman–Crippen MR) is 93.7 cm³/mol. The van der Waals surface area contributed by atoms with Gasteiger partial charge in [-0.3, -0.25) is 4.90 Å². The third-order valence-corrected chi connectivity index (χ3v) is 5.11. The number of alkyl carbamates (subject to hydrolysis) is 1. The second kappa shape index (κ2) is 7.19. The maximum Gasteiger partial charge on any atom is 0.407 e. The van der Waals surface area contributed by atoms with Crippen LogP contribution in [0.1, 0.15) is 18.4 Å². The maximum atomic E-state index is 12.1. The molecule has 0 aliphatic carbocycles. The highest BCUT2D eigenvalue weighted by Gasteiger charge is 2.36. The number of benzene rings is 1. The summed E-state index contributed by atoms with van der Waals surface area (Å²) in [5, 5.41) is 2.87. The first-order chi connectivity index (χ1) is 12.3. The Morgan fingerprint density at radius 3 is 2.72 bits per heavy atom. The normalized spacial score (nSPS) is 24.7. The summed E-state index contributed by atoms with van der Waals surface area (Å²) in [6, 6.07) is 8.00. The fourth-order valence-electron chi connectivity index (χ4n) is 3.71. The van der Waals surface area contributed by atoms with Crippen LogP contribution in [0, 0.1) is 5.92 Å². The van der Waals surface area contributed by atoms with Crippen molar-refractivity contribution < 1.29 is 9.53 Å². The fraction of sp³-hybridized carbons (Fsp3) is 0.421. The standard InChI is InChI=1S/C19H22N4O2/c24-19(25-18-12-23-6-4-15(18)5-7-23)22-9-14-2-1-3-16(8-14)17-10-20-13-21-11-17/h1-3,8,10-11,13,15,18H,4-7,9,12H2,(H,22,24). The highest BCUT2D eigenvalue weighted by molar-refractivity contribution is 5.68. The number of nitrogens with one attached hydrogen (secondary N) is 1. The third kappa shape index (κ3) is 3.79. The molecule has 4 heterocycles. The quantitative estimate of drug-likeness (QED) is 0.927. The van der Waals surface area contributed by atoms with Gasteiger partial charge in [-0.2, -0.15) is 0 Å². The lowest BCUT2D eigenvalue weighted by Gasteiger charge is -2.43. The molecule has 3 fully saturated rings. The topological polar surface area (TPSA) is 67.3 Å². The lowest BCUT2D eigenvalue weighted by Crippen LogP contribution is -2.52. The van der Waals surface area contributed by atoms with Gasteiger partial charge in [0.2, 0.25) is 0 Å². The lowest BCUT2D eigenvalue weighted by molar-refractivity contribution is -0.0332. The van der Waals surface area contributed by atoms with Crippen molar-refractivity contribution in [2.24, 2.45) is 5.92 Å². The zero-order valence-electron chi connectivity index (χ0n) is 14.1. The van der Waals surface area contributed by atoms with Gasteiger partial charge >= 0.3 is 6.09 Å². The van der Waals surface area contributed by atoms with E-state index in [0.717, 1.165) is 49.2 Å². The molecule has 0 spiro atoms. The first kappa shape index (κ1) is 16.0. The van der Waals surface area contributed by atoms with E-state index in [1.807, 2.05) is 24.3 Å². The van der Waals surface area contributed by atoms with Crippen LogP contribution in [0.25, 0.3) is 11.1 Å². The van der Waals surface area contributed by atoms with Gasteiger partial charge in [0, 0.05) is 31.0 Å². The van der Waals surface area contributed by atoms with Crippen LogP contribution < -0.4 is 5.32 Å². The van der Waals surface area contributed by atoms with Gasteiger partial charge in [0.25, 0.3) is 0 Å². The van der Waals surface area contributed by atoms with E-state index in [4.69, 9.17) is 4.74 Å². The monoisotopic (exact) mass is 338 g/mol. The van der Waals surface area contributed by atoms with E-state index in [9.17, 15) is 4.79 Å². The zero-order chi connectivity index (χ0) is 17.1. The molecule has 1 amide bonds. The molecule has 2 bridgehead atoms. The second-order valence-corrected chi connectivity index (χ2v) is 6.76. The molecule has 3 aliphatic rings. The Bertz CT molecular complexity index is 729. The van der Waals surface area contributed by atoms with Crippen LogP contribution in [-0.2, 0) is 11.3 Å². The van der Waals surface area contributed by atoms with Gasteiger partial charge in [0.1, 0.15) is 12.4 Å². The summed E-state index contributed by atoms with van der Waals surface area (Å²) < 4.78 is 5.65. The van der Waals surface area contributed by atoms with Crippen molar-refractivity contribution in [3.63, 3.8) is 0 Å². The average molecular weight is 338 g/mol. The molecule has 130 valence electrons. The smallest absolute Gasteiger partial charge is 0.407 e. The van der Waals surface area contributed by atoms with Crippen LogP contribution in [0.15, 0.2) is 43.0 Å².